The molecule has 1 unspecified atom stereocenters. The van der Waals surface area contributed by atoms with Gasteiger partial charge in [-0.05, 0) is 31.0 Å². The van der Waals surface area contributed by atoms with Gasteiger partial charge in [0.05, 0.1) is 0 Å². The number of anilines is 1. The Hall–Kier alpha value is -1.16. The van der Waals surface area contributed by atoms with Crippen LogP contribution in [-0.4, -0.2) is 11.0 Å². The highest BCUT2D eigenvalue weighted by Crippen LogP contribution is 2.18. The van der Waals surface area contributed by atoms with E-state index in [9.17, 15) is 4.39 Å². The van der Waals surface area contributed by atoms with Gasteiger partial charge in [0.25, 0.3) is 0 Å². The molecule has 0 heterocycles. The number of benzene rings is 1. The molecule has 0 fully saturated rings. The Morgan fingerprint density at radius 1 is 1.32 bits per heavy atom. The molecule has 1 aromatic carbocycles. The van der Waals surface area contributed by atoms with E-state index in [2.05, 4.69) is 19.2 Å². The third kappa shape index (κ3) is 5.15. The lowest BCUT2D eigenvalue weighted by Gasteiger charge is -2.19. The van der Waals surface area contributed by atoms with Crippen LogP contribution < -0.4 is 11.1 Å². The van der Waals surface area contributed by atoms with E-state index in [1.807, 2.05) is 6.07 Å². The van der Waals surface area contributed by atoms with E-state index >= 15 is 0 Å². The molecule has 1 atom stereocenters. The molecule has 19 heavy (non-hydrogen) atoms. The van der Waals surface area contributed by atoms with Gasteiger partial charge < -0.3 is 11.1 Å². The first-order valence-electron chi connectivity index (χ1n) is 6.94. The van der Waals surface area contributed by atoms with Crippen molar-refractivity contribution in [2.24, 2.45) is 5.73 Å². The van der Waals surface area contributed by atoms with Crippen molar-refractivity contribution in [1.29, 1.82) is 0 Å². The summed E-state index contributed by atoms with van der Waals surface area (Å²) in [7, 11) is 0. The molecule has 0 aliphatic rings. The first-order valence-corrected chi connectivity index (χ1v) is 7.35. The largest absolute Gasteiger partial charge is 0.389 e. The summed E-state index contributed by atoms with van der Waals surface area (Å²) < 4.78 is 13.8. The van der Waals surface area contributed by atoms with Crippen molar-refractivity contribution in [3.05, 3.63) is 29.6 Å². The van der Waals surface area contributed by atoms with Crippen LogP contribution in [0.25, 0.3) is 0 Å². The number of unbranched alkanes of at least 4 members (excludes halogenated alkanes) is 1. The smallest absolute Gasteiger partial charge is 0.135 e. The van der Waals surface area contributed by atoms with E-state index in [0.29, 0.717) is 11.6 Å². The lowest BCUT2D eigenvalue weighted by Crippen LogP contribution is -2.19. The van der Waals surface area contributed by atoms with Gasteiger partial charge in [-0.1, -0.05) is 45.3 Å². The van der Waals surface area contributed by atoms with Crippen molar-refractivity contribution in [1.82, 2.24) is 0 Å². The maximum atomic E-state index is 13.8. The van der Waals surface area contributed by atoms with Crippen LogP contribution in [0, 0.1) is 5.82 Å². The van der Waals surface area contributed by atoms with Crippen LogP contribution in [-0.2, 0) is 0 Å². The SMILES string of the molecule is CCCCC(CCC)Nc1ccc(C(N)=S)c(F)c1. The van der Waals surface area contributed by atoms with E-state index < -0.39 is 0 Å². The van der Waals surface area contributed by atoms with Crippen LogP contribution in [0.4, 0.5) is 10.1 Å². The van der Waals surface area contributed by atoms with Crippen molar-refractivity contribution < 1.29 is 4.39 Å². The molecular weight excluding hydrogens is 259 g/mol. The van der Waals surface area contributed by atoms with Crippen LogP contribution >= 0.6 is 12.2 Å². The second-order valence-electron chi connectivity index (χ2n) is 4.83. The number of hydrogen-bond acceptors (Lipinski definition) is 2. The molecule has 4 heteroatoms. The number of rotatable bonds is 8. The molecule has 1 aromatic rings. The molecule has 0 aliphatic heterocycles. The van der Waals surface area contributed by atoms with Crippen LogP contribution in [0.3, 0.4) is 0 Å². The minimum Gasteiger partial charge on any atom is -0.389 e. The minimum absolute atomic E-state index is 0.0974. The molecule has 0 saturated carbocycles. The quantitative estimate of drug-likeness (QED) is 0.701. The molecular formula is C15H23FN2S. The fourth-order valence-electron chi connectivity index (χ4n) is 2.13. The topological polar surface area (TPSA) is 38.0 Å². The average Bonchev–Trinajstić information content (AvgIpc) is 2.36. The lowest BCUT2D eigenvalue weighted by molar-refractivity contribution is 0.563. The molecule has 0 saturated heterocycles. The highest BCUT2D eigenvalue weighted by atomic mass is 32.1. The summed E-state index contributed by atoms with van der Waals surface area (Å²) in [6.07, 6.45) is 5.69. The summed E-state index contributed by atoms with van der Waals surface area (Å²) in [6, 6.07) is 5.36. The first kappa shape index (κ1) is 15.9. The zero-order chi connectivity index (χ0) is 14.3. The summed E-state index contributed by atoms with van der Waals surface area (Å²) in [6.45, 7) is 4.34. The summed E-state index contributed by atoms with van der Waals surface area (Å²) in [5.74, 6) is -0.358. The third-order valence-electron chi connectivity index (χ3n) is 3.15. The van der Waals surface area contributed by atoms with Gasteiger partial charge in [0.15, 0.2) is 0 Å². The minimum atomic E-state index is -0.358. The third-order valence-corrected chi connectivity index (χ3v) is 3.37. The number of nitrogens with one attached hydrogen (secondary N) is 1. The van der Waals surface area contributed by atoms with Gasteiger partial charge in [0, 0.05) is 17.3 Å². The molecule has 0 aromatic heterocycles. The zero-order valence-corrected chi connectivity index (χ0v) is 12.5. The Morgan fingerprint density at radius 3 is 2.58 bits per heavy atom. The monoisotopic (exact) mass is 282 g/mol. The van der Waals surface area contributed by atoms with E-state index in [1.165, 1.54) is 18.9 Å². The van der Waals surface area contributed by atoms with Crippen molar-refractivity contribution in [3.63, 3.8) is 0 Å². The van der Waals surface area contributed by atoms with Gasteiger partial charge in [-0.25, -0.2) is 4.39 Å². The van der Waals surface area contributed by atoms with Crippen LogP contribution in [0.1, 0.15) is 51.5 Å². The van der Waals surface area contributed by atoms with Crippen molar-refractivity contribution in [2.75, 3.05) is 5.32 Å². The molecule has 3 N–H and O–H groups in total. The second-order valence-corrected chi connectivity index (χ2v) is 5.27. The van der Waals surface area contributed by atoms with Crippen molar-refractivity contribution in [3.8, 4) is 0 Å². The predicted octanol–water partition coefficient (Wildman–Crippen LogP) is 4.23. The van der Waals surface area contributed by atoms with Gasteiger partial charge >= 0.3 is 0 Å². The summed E-state index contributed by atoms with van der Waals surface area (Å²) in [4.78, 5) is 0.0974. The molecule has 0 radical (unpaired) electrons. The summed E-state index contributed by atoms with van der Waals surface area (Å²) >= 11 is 4.80. The Morgan fingerprint density at radius 2 is 2.05 bits per heavy atom. The molecule has 0 aliphatic carbocycles. The van der Waals surface area contributed by atoms with E-state index in [-0.39, 0.29) is 10.8 Å². The molecule has 2 nitrogen and oxygen atoms in total. The first-order chi connectivity index (χ1) is 9.08. The highest BCUT2D eigenvalue weighted by molar-refractivity contribution is 7.80. The fraction of sp³-hybridized carbons (Fsp3) is 0.533. The Labute approximate surface area is 120 Å². The Kier molecular flexibility index (Phi) is 6.78. The predicted molar refractivity (Wildman–Crippen MR) is 84.1 cm³/mol. The van der Waals surface area contributed by atoms with Gasteiger partial charge in [0.1, 0.15) is 10.8 Å². The van der Waals surface area contributed by atoms with E-state index in [1.54, 1.807) is 6.07 Å². The number of halogens is 1. The molecule has 1 rings (SSSR count). The molecule has 0 bridgehead atoms. The van der Waals surface area contributed by atoms with Gasteiger partial charge in [0.2, 0.25) is 0 Å². The number of nitrogens with two attached hydrogens (primary N) is 1. The van der Waals surface area contributed by atoms with Crippen LogP contribution in [0.15, 0.2) is 18.2 Å². The fourth-order valence-corrected chi connectivity index (χ4v) is 2.29. The maximum Gasteiger partial charge on any atom is 0.135 e. The average molecular weight is 282 g/mol. The summed E-state index contributed by atoms with van der Waals surface area (Å²) in [5, 5.41) is 3.40. The van der Waals surface area contributed by atoms with Gasteiger partial charge in [-0.2, -0.15) is 0 Å². The van der Waals surface area contributed by atoms with Crippen molar-refractivity contribution in [2.45, 2.75) is 52.0 Å². The maximum absolute atomic E-state index is 13.8. The van der Waals surface area contributed by atoms with E-state index in [0.717, 1.165) is 24.9 Å². The van der Waals surface area contributed by atoms with Crippen LogP contribution in [0.2, 0.25) is 0 Å². The molecule has 106 valence electrons. The number of thiocarbonyl (C=S) groups is 1. The van der Waals surface area contributed by atoms with Gasteiger partial charge in [-0.15, -0.1) is 0 Å². The standard InChI is InChI=1S/C15H23FN2S/c1-3-5-7-11(6-4-2)18-12-8-9-13(15(17)19)14(16)10-12/h8-11,18H,3-7H2,1-2H3,(H2,17,19). The highest BCUT2D eigenvalue weighted by Gasteiger charge is 2.10. The summed E-state index contributed by atoms with van der Waals surface area (Å²) in [5.41, 5.74) is 6.56. The number of hydrogen-bond donors (Lipinski definition) is 2. The Bertz CT molecular complexity index is 421. The molecule has 0 amide bonds. The van der Waals surface area contributed by atoms with Gasteiger partial charge in [-0.3, -0.25) is 0 Å². The van der Waals surface area contributed by atoms with E-state index in [4.69, 9.17) is 18.0 Å². The van der Waals surface area contributed by atoms with Crippen molar-refractivity contribution >= 4 is 22.9 Å². The zero-order valence-electron chi connectivity index (χ0n) is 11.7. The Balaban J connectivity index is 2.73. The normalized spacial score (nSPS) is 12.2. The lowest BCUT2D eigenvalue weighted by atomic mass is 10.0. The molecule has 0 spiro atoms. The van der Waals surface area contributed by atoms with Crippen LogP contribution in [0.5, 0.6) is 0 Å². The second kappa shape index (κ2) is 8.10.